The number of anilines is 2. The lowest BCUT2D eigenvalue weighted by molar-refractivity contribution is -0.122. The smallest absolute Gasteiger partial charge is 0.246 e. The minimum Gasteiger partial charge on any atom is -0.312 e. The number of amides is 2. The Hall–Kier alpha value is -1.27. The Labute approximate surface area is 167 Å². The van der Waals surface area contributed by atoms with Gasteiger partial charge in [0.25, 0.3) is 0 Å². The van der Waals surface area contributed by atoms with Gasteiger partial charge in [-0.2, -0.15) is 0 Å². The minimum absolute atomic E-state index is 0.0450. The van der Waals surface area contributed by atoms with Crippen molar-refractivity contribution in [3.63, 3.8) is 0 Å². The van der Waals surface area contributed by atoms with Crippen LogP contribution >= 0.6 is 12.8 Å². The van der Waals surface area contributed by atoms with Gasteiger partial charge in [-0.15, -0.1) is 3.71 Å². The molecule has 2 fully saturated rings. The van der Waals surface area contributed by atoms with Gasteiger partial charge in [0.2, 0.25) is 20.8 Å². The van der Waals surface area contributed by atoms with Crippen molar-refractivity contribution in [2.24, 2.45) is 0 Å². The fourth-order valence-electron chi connectivity index (χ4n) is 3.42. The van der Waals surface area contributed by atoms with Crippen molar-refractivity contribution in [2.45, 2.75) is 38.1 Å². The second-order valence-corrected chi connectivity index (χ2v) is 9.83. The number of carbonyl (C=O) groups is 2. The third-order valence-electron chi connectivity index (χ3n) is 4.77. The minimum atomic E-state index is -3.83. The monoisotopic (exact) mass is 433 g/mol. The van der Waals surface area contributed by atoms with Gasteiger partial charge in [0, 0.05) is 36.4 Å². The van der Waals surface area contributed by atoms with Crippen LogP contribution in [-0.4, -0.2) is 43.4 Å². The molecule has 0 spiro atoms. The van der Waals surface area contributed by atoms with Crippen LogP contribution in [0.4, 0.5) is 15.8 Å². The molecule has 3 rings (SSSR count). The molecule has 0 aromatic heterocycles. The molecular weight excluding hydrogens is 413 g/mol. The van der Waals surface area contributed by atoms with Crippen molar-refractivity contribution in [2.75, 3.05) is 22.9 Å². The maximum absolute atomic E-state index is 14.8. The van der Waals surface area contributed by atoms with Crippen molar-refractivity contribution in [3.05, 3.63) is 24.0 Å². The lowest BCUT2D eigenvalue weighted by atomic mass is 10.0. The van der Waals surface area contributed by atoms with Gasteiger partial charge in [0.1, 0.15) is 11.9 Å². The summed E-state index contributed by atoms with van der Waals surface area (Å²) in [5.74, 6) is -1.21. The van der Waals surface area contributed by atoms with E-state index in [1.54, 1.807) is 11.0 Å². The molecule has 2 aliphatic rings. The highest BCUT2D eigenvalue weighted by molar-refractivity contribution is 8.30. The quantitative estimate of drug-likeness (QED) is 0.711. The Morgan fingerprint density at radius 2 is 1.93 bits per heavy atom. The maximum atomic E-state index is 14.8. The standard InChI is InChI=1S/C16H20FN3O4S3/c17-12-10-11(18-8-2-1-5-15(18)21)6-7-13(12)19-9-3-4-14(16(19)22)20(25)27(23,24)26/h6-7,10,14,25H,1-5,8-9H2,(H,23,24,26). The highest BCUT2D eigenvalue weighted by Gasteiger charge is 2.37. The van der Waals surface area contributed by atoms with E-state index in [1.165, 1.54) is 17.0 Å². The first kappa shape index (κ1) is 20.5. The van der Waals surface area contributed by atoms with Gasteiger partial charge in [-0.3, -0.25) is 14.1 Å². The summed E-state index contributed by atoms with van der Waals surface area (Å²) in [4.78, 5) is 27.5. The highest BCUT2D eigenvalue weighted by atomic mass is 32.9. The number of rotatable bonds is 4. The summed E-state index contributed by atoms with van der Waals surface area (Å²) in [7, 11) is -3.83. The number of piperidine rings is 2. The van der Waals surface area contributed by atoms with Crippen LogP contribution in [0.15, 0.2) is 18.2 Å². The fraction of sp³-hybridized carbons (Fsp3) is 0.500. The fourth-order valence-corrected chi connectivity index (χ4v) is 4.47. The molecule has 7 nitrogen and oxygen atoms in total. The summed E-state index contributed by atoms with van der Waals surface area (Å²) in [6, 6.07) is 3.30. The molecule has 27 heavy (non-hydrogen) atoms. The van der Waals surface area contributed by atoms with E-state index >= 15 is 0 Å². The van der Waals surface area contributed by atoms with Gasteiger partial charge in [0.15, 0.2) is 0 Å². The van der Waals surface area contributed by atoms with Crippen LogP contribution in [-0.2, 0) is 29.7 Å². The van der Waals surface area contributed by atoms with Gasteiger partial charge in [-0.05, 0) is 43.9 Å². The van der Waals surface area contributed by atoms with E-state index in [1.807, 2.05) is 0 Å². The largest absolute Gasteiger partial charge is 0.312 e. The molecular formula is C16H20FN3O4S3. The molecule has 0 bridgehead atoms. The molecule has 1 N–H and O–H groups in total. The summed E-state index contributed by atoms with van der Waals surface area (Å²) < 4.78 is 36.5. The average Bonchev–Trinajstić information content (AvgIpc) is 2.61. The molecule has 1 aromatic rings. The predicted molar refractivity (Wildman–Crippen MR) is 107 cm³/mol. The van der Waals surface area contributed by atoms with Crippen LogP contribution in [0.25, 0.3) is 0 Å². The van der Waals surface area contributed by atoms with Gasteiger partial charge in [0.05, 0.1) is 5.69 Å². The third kappa shape index (κ3) is 4.27. The van der Waals surface area contributed by atoms with Gasteiger partial charge >= 0.3 is 0 Å². The van der Waals surface area contributed by atoms with E-state index in [2.05, 4.69) is 24.0 Å². The number of thiol groups is 1. The van der Waals surface area contributed by atoms with E-state index in [9.17, 15) is 22.7 Å². The normalized spacial score (nSPS) is 23.6. The van der Waals surface area contributed by atoms with Crippen LogP contribution in [0.5, 0.6) is 0 Å². The number of halogens is 1. The molecule has 11 heteroatoms. The second kappa shape index (κ2) is 8.00. The van der Waals surface area contributed by atoms with Crippen LogP contribution in [0.3, 0.4) is 0 Å². The number of hydrogen-bond acceptors (Lipinski definition) is 5. The third-order valence-corrected chi connectivity index (χ3v) is 7.25. The van der Waals surface area contributed by atoms with Gasteiger partial charge in [-0.1, -0.05) is 12.8 Å². The first-order valence-corrected chi connectivity index (χ1v) is 11.4. The molecule has 2 heterocycles. The Morgan fingerprint density at radius 3 is 2.56 bits per heavy atom. The van der Waals surface area contributed by atoms with Crippen molar-refractivity contribution < 1.29 is 22.7 Å². The van der Waals surface area contributed by atoms with E-state index in [0.717, 1.165) is 12.8 Å². The van der Waals surface area contributed by atoms with E-state index in [0.29, 0.717) is 35.2 Å². The van der Waals surface area contributed by atoms with Crippen LogP contribution < -0.4 is 9.80 Å². The maximum Gasteiger partial charge on any atom is 0.246 e. The van der Waals surface area contributed by atoms with E-state index in [4.69, 9.17) is 0 Å². The molecule has 0 radical (unpaired) electrons. The van der Waals surface area contributed by atoms with Crippen molar-refractivity contribution >= 4 is 56.2 Å². The van der Waals surface area contributed by atoms with Gasteiger partial charge < -0.3 is 9.80 Å². The summed E-state index contributed by atoms with van der Waals surface area (Å²) in [6.07, 6.45) is 2.94. The molecule has 148 valence electrons. The lowest BCUT2D eigenvalue weighted by Crippen LogP contribution is -2.51. The first-order valence-electron chi connectivity index (χ1n) is 8.57. The second-order valence-electron chi connectivity index (χ2n) is 6.54. The highest BCUT2D eigenvalue weighted by Crippen LogP contribution is 2.31. The number of hydrogen-bond donors (Lipinski definition) is 2. The Kier molecular flexibility index (Phi) is 6.06. The summed E-state index contributed by atoms with van der Waals surface area (Å²) in [5.41, 5.74) is 0.523. The van der Waals surface area contributed by atoms with Crippen LogP contribution in [0, 0.1) is 5.82 Å². The zero-order valence-electron chi connectivity index (χ0n) is 14.4. The van der Waals surface area contributed by atoms with E-state index < -0.39 is 26.7 Å². The van der Waals surface area contributed by atoms with Crippen molar-refractivity contribution in [1.82, 2.24) is 3.71 Å². The molecule has 2 amide bonds. The molecule has 0 aliphatic carbocycles. The summed E-state index contributed by atoms with van der Waals surface area (Å²) in [5, 5.41) is 0. The zero-order chi connectivity index (χ0) is 19.8. The first-order chi connectivity index (χ1) is 12.7. The molecule has 0 saturated carbocycles. The lowest BCUT2D eigenvalue weighted by Gasteiger charge is -2.35. The summed E-state index contributed by atoms with van der Waals surface area (Å²) in [6.45, 7) is 0.820. The Balaban J connectivity index is 1.85. The number of nitrogens with zero attached hydrogens (tertiary/aromatic N) is 3. The molecule has 2 atom stereocenters. The Morgan fingerprint density at radius 1 is 1.22 bits per heavy atom. The van der Waals surface area contributed by atoms with Gasteiger partial charge in [-0.25, -0.2) is 8.60 Å². The predicted octanol–water partition coefficient (Wildman–Crippen LogP) is 2.12. The number of benzene rings is 1. The molecule has 2 saturated heterocycles. The molecule has 2 aliphatic heterocycles. The number of carbonyl (C=O) groups excluding carboxylic acids is 2. The average molecular weight is 434 g/mol. The SMILES string of the molecule is O=C1CCCCN1c1ccc(N2CCCC(N(S)S(=O)(O)=S)C2=O)c(F)c1. The molecule has 2 unspecified atom stereocenters. The Bertz CT molecular complexity index is 864. The van der Waals surface area contributed by atoms with Crippen molar-refractivity contribution in [3.8, 4) is 0 Å². The zero-order valence-corrected chi connectivity index (χ0v) is 16.9. The van der Waals surface area contributed by atoms with Crippen LogP contribution in [0.1, 0.15) is 32.1 Å². The van der Waals surface area contributed by atoms with Crippen molar-refractivity contribution in [1.29, 1.82) is 0 Å². The molecule has 1 aromatic carbocycles. The topological polar surface area (TPSA) is 81.2 Å². The summed E-state index contributed by atoms with van der Waals surface area (Å²) >= 11 is 8.38. The van der Waals surface area contributed by atoms with Crippen LogP contribution in [0.2, 0.25) is 0 Å². The van der Waals surface area contributed by atoms with E-state index in [-0.39, 0.29) is 18.1 Å².